The van der Waals surface area contributed by atoms with Gasteiger partial charge in [-0.2, -0.15) is 0 Å². The van der Waals surface area contributed by atoms with Crippen LogP contribution in [0.25, 0.3) is 0 Å². The minimum atomic E-state index is -0.535. The number of aryl methyl sites for hydroxylation is 2. The topological polar surface area (TPSA) is 102 Å². The Morgan fingerprint density at radius 1 is 0.971 bits per heavy atom. The maximum atomic E-state index is 13.3. The summed E-state index contributed by atoms with van der Waals surface area (Å²) in [7, 11) is 0. The zero-order valence-electron chi connectivity index (χ0n) is 20.3. The molecule has 1 aliphatic heterocycles. The van der Waals surface area contributed by atoms with Gasteiger partial charge in [-0.1, -0.05) is 38.2 Å². The van der Waals surface area contributed by atoms with Gasteiger partial charge in [-0.15, -0.1) is 0 Å². The summed E-state index contributed by atoms with van der Waals surface area (Å²) < 4.78 is 7.33. The van der Waals surface area contributed by atoms with Gasteiger partial charge in [0.1, 0.15) is 11.1 Å². The number of amides is 2. The zero-order chi connectivity index (χ0) is 24.5. The van der Waals surface area contributed by atoms with Crippen molar-refractivity contribution < 1.29 is 14.3 Å². The van der Waals surface area contributed by atoms with Crippen LogP contribution in [0.3, 0.4) is 0 Å². The second kappa shape index (κ2) is 12.6. The van der Waals surface area contributed by atoms with Gasteiger partial charge < -0.3 is 19.9 Å². The van der Waals surface area contributed by atoms with E-state index in [4.69, 9.17) is 4.74 Å². The Hall–Kier alpha value is -3.00. The molecule has 1 unspecified atom stereocenters. The lowest BCUT2D eigenvalue weighted by molar-refractivity contribution is 0.0856. The Balaban J connectivity index is 1.53. The zero-order valence-corrected chi connectivity index (χ0v) is 20.3. The van der Waals surface area contributed by atoms with Crippen LogP contribution < -0.4 is 16.1 Å². The first kappa shape index (κ1) is 25.1. The Kier molecular flexibility index (Phi) is 9.06. The second-order valence-corrected chi connectivity index (χ2v) is 9.58. The Morgan fingerprint density at radius 3 is 2.40 bits per heavy atom. The summed E-state index contributed by atoms with van der Waals surface area (Å²) in [6.07, 6.45) is 14.9. The smallest absolute Gasteiger partial charge is 0.256 e. The molecule has 4 rings (SSSR count). The van der Waals surface area contributed by atoms with Gasteiger partial charge in [0, 0.05) is 56.4 Å². The Labute approximate surface area is 206 Å². The van der Waals surface area contributed by atoms with Crippen LogP contribution in [0.15, 0.2) is 41.6 Å². The van der Waals surface area contributed by atoms with E-state index < -0.39 is 17.2 Å². The van der Waals surface area contributed by atoms with E-state index in [1.54, 1.807) is 23.2 Å². The third-order valence-corrected chi connectivity index (χ3v) is 6.88. The molecule has 3 heterocycles. The van der Waals surface area contributed by atoms with Gasteiger partial charge >= 0.3 is 0 Å². The fraction of sp³-hybridized carbons (Fsp3) is 0.556. The van der Waals surface area contributed by atoms with Crippen LogP contribution in [-0.2, 0) is 17.7 Å². The molecule has 2 aromatic rings. The van der Waals surface area contributed by atoms with Crippen molar-refractivity contribution in [2.75, 3.05) is 13.2 Å². The summed E-state index contributed by atoms with van der Waals surface area (Å²) in [6, 6.07) is 5.77. The molecular weight excluding hydrogens is 444 g/mol. The van der Waals surface area contributed by atoms with Gasteiger partial charge in [0.05, 0.1) is 6.10 Å². The molecule has 1 saturated heterocycles. The number of ether oxygens (including phenoxy) is 1. The first-order valence-electron chi connectivity index (χ1n) is 12.9. The van der Waals surface area contributed by atoms with Crippen molar-refractivity contribution in [3.63, 3.8) is 0 Å². The molecule has 35 heavy (non-hydrogen) atoms. The van der Waals surface area contributed by atoms with Gasteiger partial charge in [-0.05, 0) is 37.8 Å². The third-order valence-electron chi connectivity index (χ3n) is 6.88. The second-order valence-electron chi connectivity index (χ2n) is 9.58. The molecule has 2 N–H and O–H groups in total. The predicted molar refractivity (Wildman–Crippen MR) is 134 cm³/mol. The molecule has 0 radical (unpaired) electrons. The lowest BCUT2D eigenvalue weighted by Crippen LogP contribution is -2.40. The number of carbonyl (C=O) groups excluding carboxylic acids is 2. The van der Waals surface area contributed by atoms with E-state index in [0.29, 0.717) is 26.1 Å². The molecule has 2 fully saturated rings. The SMILES string of the molecule is O=C(NCC1CCCO1)c1cn(CCc2ccccn2)cc(C(=O)NC2CCCCCCC2)c1=O. The number of hydrogen-bond donors (Lipinski definition) is 2. The molecule has 1 atom stereocenters. The van der Waals surface area contributed by atoms with Crippen LogP contribution in [0.5, 0.6) is 0 Å². The highest BCUT2D eigenvalue weighted by atomic mass is 16.5. The molecular formula is C27H36N4O4. The van der Waals surface area contributed by atoms with Crippen molar-refractivity contribution in [1.82, 2.24) is 20.2 Å². The largest absolute Gasteiger partial charge is 0.376 e. The highest BCUT2D eigenvalue weighted by Gasteiger charge is 2.23. The summed E-state index contributed by atoms with van der Waals surface area (Å²) in [5.74, 6) is -0.876. The summed E-state index contributed by atoms with van der Waals surface area (Å²) in [4.78, 5) is 43.8. The average Bonchev–Trinajstić information content (AvgIpc) is 3.38. The van der Waals surface area contributed by atoms with Crippen LogP contribution in [0, 0.1) is 0 Å². The van der Waals surface area contributed by atoms with E-state index >= 15 is 0 Å². The summed E-state index contributed by atoms with van der Waals surface area (Å²) >= 11 is 0. The minimum absolute atomic E-state index is 0.0119. The van der Waals surface area contributed by atoms with Crippen molar-refractivity contribution in [2.24, 2.45) is 0 Å². The number of nitrogens with one attached hydrogen (secondary N) is 2. The first-order valence-corrected chi connectivity index (χ1v) is 12.9. The number of pyridine rings is 2. The van der Waals surface area contributed by atoms with Crippen molar-refractivity contribution >= 4 is 11.8 Å². The minimum Gasteiger partial charge on any atom is -0.376 e. The fourth-order valence-electron chi connectivity index (χ4n) is 4.84. The standard InChI is InChI=1S/C27H36N4O4/c32-25-23(26(33)29-17-22-12-8-16-35-22)18-31(15-13-20-9-6-7-14-28-20)19-24(25)27(34)30-21-10-4-2-1-3-5-11-21/h6-7,9,14,18-19,21-22H,1-5,8,10-13,15-17H2,(H,29,33)(H,30,34). The molecule has 0 bridgehead atoms. The maximum absolute atomic E-state index is 13.3. The van der Waals surface area contributed by atoms with E-state index in [9.17, 15) is 14.4 Å². The van der Waals surface area contributed by atoms with Crippen LogP contribution in [0.1, 0.15) is 84.2 Å². The number of hydrogen-bond acceptors (Lipinski definition) is 5. The van der Waals surface area contributed by atoms with Crippen molar-refractivity contribution in [2.45, 2.75) is 82.9 Å². The highest BCUT2D eigenvalue weighted by Crippen LogP contribution is 2.17. The Bertz CT molecular complexity index is 1040. The van der Waals surface area contributed by atoms with Crippen molar-refractivity contribution in [3.05, 3.63) is 63.8 Å². The van der Waals surface area contributed by atoms with Crippen LogP contribution in [0.2, 0.25) is 0 Å². The fourth-order valence-corrected chi connectivity index (χ4v) is 4.84. The molecule has 188 valence electrons. The normalized spacial score (nSPS) is 19.0. The lowest BCUT2D eigenvalue weighted by Gasteiger charge is -2.21. The number of aromatic nitrogens is 2. The quantitative estimate of drug-likeness (QED) is 0.604. The van der Waals surface area contributed by atoms with Crippen molar-refractivity contribution in [3.8, 4) is 0 Å². The third kappa shape index (κ3) is 7.24. The maximum Gasteiger partial charge on any atom is 0.256 e. The van der Waals surface area contributed by atoms with E-state index in [0.717, 1.165) is 44.2 Å². The molecule has 1 saturated carbocycles. The van der Waals surface area contributed by atoms with E-state index in [1.807, 2.05) is 18.2 Å². The predicted octanol–water partition coefficient (Wildman–Crippen LogP) is 3.24. The highest BCUT2D eigenvalue weighted by molar-refractivity contribution is 5.99. The van der Waals surface area contributed by atoms with Gasteiger partial charge in [0.25, 0.3) is 11.8 Å². The van der Waals surface area contributed by atoms with Crippen LogP contribution >= 0.6 is 0 Å². The summed E-state index contributed by atoms with van der Waals surface area (Å²) in [6.45, 7) is 1.54. The van der Waals surface area contributed by atoms with Gasteiger partial charge in [-0.3, -0.25) is 19.4 Å². The average molecular weight is 481 g/mol. The van der Waals surface area contributed by atoms with Gasteiger partial charge in [0.2, 0.25) is 5.43 Å². The lowest BCUT2D eigenvalue weighted by atomic mass is 9.96. The number of rotatable bonds is 8. The molecule has 1 aliphatic carbocycles. The summed E-state index contributed by atoms with van der Waals surface area (Å²) in [5.41, 5.74) is 0.357. The van der Waals surface area contributed by atoms with E-state index in [-0.39, 0.29) is 23.3 Å². The molecule has 2 amide bonds. The molecule has 8 nitrogen and oxygen atoms in total. The Morgan fingerprint density at radius 2 is 1.71 bits per heavy atom. The van der Waals surface area contributed by atoms with Crippen LogP contribution in [-0.4, -0.2) is 46.7 Å². The van der Waals surface area contributed by atoms with E-state index in [2.05, 4.69) is 15.6 Å². The first-order chi connectivity index (χ1) is 17.1. The molecule has 0 aromatic carbocycles. The number of nitrogens with zero attached hydrogens (tertiary/aromatic N) is 2. The molecule has 0 spiro atoms. The number of carbonyl (C=O) groups is 2. The van der Waals surface area contributed by atoms with Crippen molar-refractivity contribution in [1.29, 1.82) is 0 Å². The monoisotopic (exact) mass is 480 g/mol. The molecule has 2 aromatic heterocycles. The van der Waals surface area contributed by atoms with Crippen LogP contribution in [0.4, 0.5) is 0 Å². The molecule has 2 aliphatic rings. The van der Waals surface area contributed by atoms with Gasteiger partial charge in [-0.25, -0.2) is 0 Å². The summed E-state index contributed by atoms with van der Waals surface area (Å²) in [5, 5.41) is 5.90. The van der Waals surface area contributed by atoms with Gasteiger partial charge in [0.15, 0.2) is 0 Å². The molecule has 8 heteroatoms. The van der Waals surface area contributed by atoms with E-state index in [1.165, 1.54) is 19.3 Å².